The van der Waals surface area contributed by atoms with Crippen LogP contribution in [0.15, 0.2) is 12.3 Å². The van der Waals surface area contributed by atoms with E-state index in [1.165, 1.54) is 0 Å². The summed E-state index contributed by atoms with van der Waals surface area (Å²) >= 11 is 0. The van der Waals surface area contributed by atoms with E-state index in [2.05, 4.69) is 18.8 Å². The van der Waals surface area contributed by atoms with E-state index < -0.39 is 7.14 Å². The van der Waals surface area contributed by atoms with E-state index >= 15 is 0 Å². The maximum atomic E-state index is 12.1. The first-order valence-corrected chi connectivity index (χ1v) is 7.44. The van der Waals surface area contributed by atoms with E-state index in [4.69, 9.17) is 0 Å². The van der Waals surface area contributed by atoms with Crippen LogP contribution in [0.2, 0.25) is 0 Å². The lowest BCUT2D eigenvalue weighted by molar-refractivity contribution is 0.588. The molecule has 2 nitrogen and oxygen atoms in total. The molecule has 0 N–H and O–H groups in total. The zero-order valence-electron chi connectivity index (χ0n) is 9.53. The summed E-state index contributed by atoms with van der Waals surface area (Å²) in [5.74, 6) is 0.332. The van der Waals surface area contributed by atoms with Crippen molar-refractivity contribution in [3.8, 4) is 0 Å². The van der Waals surface area contributed by atoms with Gasteiger partial charge in [-0.3, -0.25) is 4.98 Å². The molecule has 0 amide bonds. The molecular weight excluding hydrogens is 193 g/mol. The third-order valence-corrected chi connectivity index (χ3v) is 3.68. The number of pyridine rings is 1. The van der Waals surface area contributed by atoms with Gasteiger partial charge in [-0.25, -0.2) is 0 Å². The van der Waals surface area contributed by atoms with Crippen LogP contribution >= 0.6 is 7.14 Å². The highest BCUT2D eigenvalue weighted by atomic mass is 31.2. The van der Waals surface area contributed by atoms with E-state index in [0.29, 0.717) is 5.92 Å². The zero-order chi connectivity index (χ0) is 10.9. The Morgan fingerprint density at radius 1 is 1.36 bits per heavy atom. The van der Waals surface area contributed by atoms with Gasteiger partial charge in [0.25, 0.3) is 0 Å². The molecule has 0 atom stereocenters. The first kappa shape index (κ1) is 11.5. The van der Waals surface area contributed by atoms with Gasteiger partial charge in [-0.1, -0.05) is 13.8 Å². The van der Waals surface area contributed by atoms with Gasteiger partial charge in [-0.2, -0.15) is 0 Å². The van der Waals surface area contributed by atoms with Crippen LogP contribution in [-0.4, -0.2) is 18.3 Å². The number of nitrogens with zero attached hydrogens (tertiary/aromatic N) is 1. The van der Waals surface area contributed by atoms with Crippen molar-refractivity contribution in [1.82, 2.24) is 4.98 Å². The fourth-order valence-electron chi connectivity index (χ4n) is 1.44. The summed E-state index contributed by atoms with van der Waals surface area (Å²) in [7, 11) is -2.20. The SMILES string of the molecule is Cc1cnc(C(C)C)c(P(C)(C)=O)c1. The van der Waals surface area contributed by atoms with Crippen molar-refractivity contribution < 1.29 is 4.57 Å². The Bertz CT molecular complexity index is 379. The molecule has 1 aromatic rings. The van der Waals surface area contributed by atoms with Gasteiger partial charge >= 0.3 is 0 Å². The van der Waals surface area contributed by atoms with Crippen LogP contribution in [0.5, 0.6) is 0 Å². The van der Waals surface area contributed by atoms with Crippen molar-refractivity contribution in [1.29, 1.82) is 0 Å². The maximum Gasteiger partial charge on any atom is 0.111 e. The summed E-state index contributed by atoms with van der Waals surface area (Å²) < 4.78 is 12.1. The number of rotatable bonds is 2. The van der Waals surface area contributed by atoms with Gasteiger partial charge in [-0.05, 0) is 37.8 Å². The highest BCUT2D eigenvalue weighted by Gasteiger charge is 2.18. The van der Waals surface area contributed by atoms with Gasteiger partial charge < -0.3 is 4.57 Å². The van der Waals surface area contributed by atoms with Gasteiger partial charge in [0.05, 0.1) is 5.69 Å². The largest absolute Gasteiger partial charge is 0.319 e. The third-order valence-electron chi connectivity index (χ3n) is 2.16. The van der Waals surface area contributed by atoms with E-state index in [0.717, 1.165) is 16.6 Å². The predicted molar refractivity (Wildman–Crippen MR) is 62.2 cm³/mol. The van der Waals surface area contributed by atoms with Gasteiger partial charge in [0, 0.05) is 11.5 Å². The molecule has 0 spiro atoms. The summed E-state index contributed by atoms with van der Waals surface area (Å²) in [5.41, 5.74) is 2.05. The van der Waals surface area contributed by atoms with Crippen LogP contribution in [0.25, 0.3) is 0 Å². The Labute approximate surface area is 86.1 Å². The molecule has 0 unspecified atom stereocenters. The Morgan fingerprint density at radius 2 is 1.93 bits per heavy atom. The van der Waals surface area contributed by atoms with E-state index in [9.17, 15) is 4.57 Å². The maximum absolute atomic E-state index is 12.1. The number of hydrogen-bond donors (Lipinski definition) is 0. The Kier molecular flexibility index (Phi) is 3.16. The second kappa shape index (κ2) is 3.86. The van der Waals surface area contributed by atoms with Gasteiger partial charge in [0.2, 0.25) is 0 Å². The minimum atomic E-state index is -2.20. The highest BCUT2D eigenvalue weighted by Crippen LogP contribution is 2.37. The average Bonchev–Trinajstić information content (AvgIpc) is 2.01. The minimum absolute atomic E-state index is 0.332. The monoisotopic (exact) mass is 211 g/mol. The second-order valence-electron chi connectivity index (χ2n) is 4.42. The summed E-state index contributed by atoms with van der Waals surface area (Å²) in [6.45, 7) is 9.74. The van der Waals surface area contributed by atoms with Gasteiger partial charge in [0.1, 0.15) is 7.14 Å². The molecule has 0 aromatic carbocycles. The van der Waals surface area contributed by atoms with Crippen LogP contribution in [0, 0.1) is 6.92 Å². The molecule has 3 heteroatoms. The van der Waals surface area contributed by atoms with E-state index in [1.807, 2.05) is 19.2 Å². The van der Waals surface area contributed by atoms with E-state index in [1.54, 1.807) is 13.3 Å². The standard InChI is InChI=1S/C11H18NOP/c1-8(2)11-10(14(4,5)13)6-9(3)7-12-11/h6-8H,1-5H3. The minimum Gasteiger partial charge on any atom is -0.319 e. The quantitative estimate of drug-likeness (QED) is 0.704. The molecule has 0 radical (unpaired) electrons. The van der Waals surface area contributed by atoms with E-state index in [-0.39, 0.29) is 0 Å². The molecule has 78 valence electrons. The lowest BCUT2D eigenvalue weighted by Crippen LogP contribution is -2.14. The average molecular weight is 211 g/mol. The van der Waals surface area contributed by atoms with Gasteiger partial charge in [-0.15, -0.1) is 0 Å². The van der Waals surface area contributed by atoms with Crippen molar-refractivity contribution in [2.45, 2.75) is 26.7 Å². The number of aromatic nitrogens is 1. The zero-order valence-corrected chi connectivity index (χ0v) is 10.4. The van der Waals surface area contributed by atoms with Crippen LogP contribution in [0.1, 0.15) is 31.0 Å². The fourth-order valence-corrected chi connectivity index (χ4v) is 2.82. The Morgan fingerprint density at radius 3 is 2.36 bits per heavy atom. The fraction of sp³-hybridized carbons (Fsp3) is 0.545. The molecule has 14 heavy (non-hydrogen) atoms. The lowest BCUT2D eigenvalue weighted by Gasteiger charge is -2.15. The number of hydrogen-bond acceptors (Lipinski definition) is 2. The van der Waals surface area contributed by atoms with Crippen molar-refractivity contribution in [3.05, 3.63) is 23.5 Å². The van der Waals surface area contributed by atoms with Crippen molar-refractivity contribution in [3.63, 3.8) is 0 Å². The topological polar surface area (TPSA) is 30.0 Å². The lowest BCUT2D eigenvalue weighted by atomic mass is 10.1. The molecule has 1 rings (SSSR count). The van der Waals surface area contributed by atoms with Crippen molar-refractivity contribution >= 4 is 12.4 Å². The molecule has 0 bridgehead atoms. The Balaban J connectivity index is 3.38. The summed E-state index contributed by atoms with van der Waals surface area (Å²) in [4.78, 5) is 4.37. The van der Waals surface area contributed by atoms with Gasteiger partial charge in [0.15, 0.2) is 0 Å². The first-order valence-electron chi connectivity index (χ1n) is 4.84. The molecule has 1 aromatic heterocycles. The molecule has 0 aliphatic carbocycles. The summed E-state index contributed by atoms with van der Waals surface area (Å²) in [5, 5.41) is 0.938. The molecule has 0 aliphatic heterocycles. The molecule has 0 saturated carbocycles. The molecule has 0 fully saturated rings. The van der Waals surface area contributed by atoms with Crippen LogP contribution in [-0.2, 0) is 4.57 Å². The molecular formula is C11H18NOP. The smallest absolute Gasteiger partial charge is 0.111 e. The van der Waals surface area contributed by atoms with Crippen LogP contribution in [0.3, 0.4) is 0 Å². The predicted octanol–water partition coefficient (Wildman–Crippen LogP) is 2.76. The summed E-state index contributed by atoms with van der Waals surface area (Å²) in [6, 6.07) is 2.00. The summed E-state index contributed by atoms with van der Waals surface area (Å²) in [6.07, 6.45) is 1.84. The normalized spacial score (nSPS) is 12.1. The highest BCUT2D eigenvalue weighted by molar-refractivity contribution is 7.70. The first-order chi connectivity index (χ1) is 6.32. The van der Waals surface area contributed by atoms with Crippen molar-refractivity contribution in [2.24, 2.45) is 0 Å². The molecule has 1 heterocycles. The van der Waals surface area contributed by atoms with Crippen molar-refractivity contribution in [2.75, 3.05) is 13.3 Å². The molecule has 0 aliphatic rings. The third kappa shape index (κ3) is 2.45. The second-order valence-corrected chi connectivity index (χ2v) is 7.61. The van der Waals surface area contributed by atoms with Crippen LogP contribution in [0.4, 0.5) is 0 Å². The molecule has 0 saturated heterocycles. The Hall–Kier alpha value is -0.620. The van der Waals surface area contributed by atoms with Crippen LogP contribution < -0.4 is 5.30 Å². The number of aryl methyl sites for hydroxylation is 1.